The number of fused-ring (bicyclic) bond motifs is 5. The number of carbonyl (C=O) groups excluding carboxylic acids is 6. The third-order valence-corrected chi connectivity index (χ3v) is 9.58. The Morgan fingerprint density at radius 3 is 2.27 bits per heavy atom. The van der Waals surface area contributed by atoms with Gasteiger partial charge in [0.15, 0.2) is 5.78 Å². The Morgan fingerprint density at radius 2 is 1.65 bits per heavy atom. The molecule has 55 heavy (non-hydrogen) atoms. The van der Waals surface area contributed by atoms with Gasteiger partial charge in [0.1, 0.15) is 41.6 Å². The molecule has 0 radical (unpaired) electrons. The summed E-state index contributed by atoms with van der Waals surface area (Å²) in [5.74, 6) is -2.02. The minimum Gasteiger partial charge on any atom is -0.493 e. The highest BCUT2D eigenvalue weighted by Crippen LogP contribution is 2.41. The number of thioether (sulfide) groups is 1. The Balaban J connectivity index is 2.24. The number of carbonyl (C=O) groups is 6. The number of rotatable bonds is 15. The maximum Gasteiger partial charge on any atom is 0.407 e. The molecular weight excluding hydrogens is 727 g/mol. The predicted molar refractivity (Wildman–Crippen MR) is 211 cm³/mol. The lowest BCUT2D eigenvalue weighted by Crippen LogP contribution is -2.46. The van der Waals surface area contributed by atoms with Gasteiger partial charge in [0.05, 0.1) is 20.3 Å². The van der Waals surface area contributed by atoms with Crippen LogP contribution >= 0.6 is 11.8 Å². The number of likely N-dealkylation sites (N-methyl/N-ethyl adjacent to an activating group) is 1. The molecule has 0 aliphatic carbocycles. The van der Waals surface area contributed by atoms with Crippen LogP contribution in [0.15, 0.2) is 36.4 Å². The normalized spacial score (nSPS) is 17.9. The van der Waals surface area contributed by atoms with Crippen LogP contribution in [0.3, 0.4) is 0 Å². The monoisotopic (exact) mass is 783 g/mol. The molecule has 14 heteroatoms. The van der Waals surface area contributed by atoms with Crippen LogP contribution in [0.2, 0.25) is 0 Å². The molecule has 2 aromatic carbocycles. The van der Waals surface area contributed by atoms with Crippen molar-refractivity contribution in [2.75, 3.05) is 45.9 Å². The summed E-state index contributed by atoms with van der Waals surface area (Å²) in [6.45, 7) is 10.9. The molecule has 13 nitrogen and oxygen atoms in total. The van der Waals surface area contributed by atoms with E-state index in [1.807, 2.05) is 19.2 Å². The second-order valence-electron chi connectivity index (χ2n) is 14.8. The summed E-state index contributed by atoms with van der Waals surface area (Å²) in [6.07, 6.45) is 2.36. The molecule has 2 aromatic rings. The number of methoxy groups -OCH3 is 1. The summed E-state index contributed by atoms with van der Waals surface area (Å²) in [6, 6.07) is 8.41. The second kappa shape index (κ2) is 20.9. The summed E-state index contributed by atoms with van der Waals surface area (Å²) >= 11 is 1.56. The van der Waals surface area contributed by atoms with Crippen LogP contribution in [0, 0.1) is 11.8 Å². The molecular formula is C41H57N3O10S. The van der Waals surface area contributed by atoms with Crippen molar-refractivity contribution >= 4 is 47.2 Å². The molecule has 1 aliphatic heterocycles. The van der Waals surface area contributed by atoms with Gasteiger partial charge >= 0.3 is 12.1 Å². The van der Waals surface area contributed by atoms with Gasteiger partial charge in [-0.25, -0.2) is 9.59 Å². The SMILES string of the molecule is CCCOc1ccc2cc1-c1cc(ccc1OCCNC(=O)OC(C)(C)C)C[C@@H](C(=O)OC)NC(=O)[C@H](C)CC(=O)[C@H]2N(C)C(=O)[C@H](CCSC)CC(C)=O. The first-order valence-corrected chi connectivity index (χ1v) is 20.0. The fraction of sp³-hybridized carbons (Fsp3) is 0.561. The molecule has 0 saturated carbocycles. The maximum absolute atomic E-state index is 14.4. The van der Waals surface area contributed by atoms with E-state index in [1.165, 1.54) is 18.9 Å². The molecule has 0 aromatic heterocycles. The third-order valence-electron chi connectivity index (χ3n) is 8.93. The molecule has 0 fully saturated rings. The Bertz CT molecular complexity index is 1690. The van der Waals surface area contributed by atoms with Crippen molar-refractivity contribution in [1.29, 1.82) is 0 Å². The summed E-state index contributed by atoms with van der Waals surface area (Å²) in [5, 5.41) is 5.45. The van der Waals surface area contributed by atoms with Gasteiger partial charge in [-0.1, -0.05) is 26.0 Å². The van der Waals surface area contributed by atoms with Crippen molar-refractivity contribution in [2.45, 2.75) is 91.3 Å². The zero-order valence-electron chi connectivity index (χ0n) is 33.6. The first kappa shape index (κ1) is 44.8. The molecule has 2 N–H and O–H groups in total. The van der Waals surface area contributed by atoms with Crippen LogP contribution in [-0.4, -0.2) is 97.9 Å². The van der Waals surface area contributed by atoms with Crippen molar-refractivity contribution in [3.63, 3.8) is 0 Å². The first-order chi connectivity index (χ1) is 26.0. The zero-order chi connectivity index (χ0) is 40.9. The van der Waals surface area contributed by atoms with Crippen LogP contribution in [0.5, 0.6) is 11.5 Å². The number of Topliss-reactive ketones (excluding diaryl/α,β-unsaturated/α-hetero) is 2. The molecule has 1 aliphatic rings. The van der Waals surface area contributed by atoms with Gasteiger partial charge in [0.2, 0.25) is 11.8 Å². The van der Waals surface area contributed by atoms with Gasteiger partial charge in [-0.3, -0.25) is 14.4 Å². The summed E-state index contributed by atoms with van der Waals surface area (Å²) in [4.78, 5) is 81.0. The predicted octanol–water partition coefficient (Wildman–Crippen LogP) is 5.70. The molecule has 3 amide bonds. The number of ketones is 2. The highest BCUT2D eigenvalue weighted by Gasteiger charge is 2.36. The molecule has 1 heterocycles. The van der Waals surface area contributed by atoms with Crippen LogP contribution in [0.1, 0.15) is 84.4 Å². The fourth-order valence-electron chi connectivity index (χ4n) is 6.29. The van der Waals surface area contributed by atoms with E-state index in [0.717, 1.165) is 0 Å². The summed E-state index contributed by atoms with van der Waals surface area (Å²) in [7, 11) is 2.78. The van der Waals surface area contributed by atoms with Crippen molar-refractivity contribution in [2.24, 2.45) is 11.8 Å². The number of nitrogens with zero attached hydrogens (tertiary/aromatic N) is 1. The molecule has 0 saturated heterocycles. The highest BCUT2D eigenvalue weighted by atomic mass is 32.2. The molecule has 4 bridgehead atoms. The van der Waals surface area contributed by atoms with Gasteiger partial charge in [-0.15, -0.1) is 0 Å². The number of benzene rings is 2. The van der Waals surface area contributed by atoms with E-state index in [4.69, 9.17) is 18.9 Å². The minimum absolute atomic E-state index is 0.0314. The summed E-state index contributed by atoms with van der Waals surface area (Å²) in [5.41, 5.74) is 1.59. The number of hydrogen-bond acceptors (Lipinski definition) is 11. The van der Waals surface area contributed by atoms with E-state index < -0.39 is 53.3 Å². The van der Waals surface area contributed by atoms with Gasteiger partial charge in [-0.2, -0.15) is 11.8 Å². The Kier molecular flexibility index (Phi) is 17.0. The number of ether oxygens (including phenoxy) is 4. The molecule has 302 valence electrons. The fourth-order valence-corrected chi connectivity index (χ4v) is 6.81. The number of esters is 1. The lowest BCUT2D eigenvalue weighted by molar-refractivity contribution is -0.146. The number of amides is 3. The summed E-state index contributed by atoms with van der Waals surface area (Å²) < 4.78 is 22.8. The largest absolute Gasteiger partial charge is 0.493 e. The van der Waals surface area contributed by atoms with Crippen molar-refractivity contribution < 1.29 is 47.7 Å². The minimum atomic E-state index is -1.13. The second-order valence-corrected chi connectivity index (χ2v) is 15.8. The number of nitrogens with one attached hydrogen (secondary N) is 2. The van der Waals surface area contributed by atoms with Crippen LogP contribution in [0.25, 0.3) is 11.1 Å². The van der Waals surface area contributed by atoms with E-state index in [2.05, 4.69) is 10.6 Å². The van der Waals surface area contributed by atoms with Crippen molar-refractivity contribution in [3.8, 4) is 22.6 Å². The van der Waals surface area contributed by atoms with Crippen LogP contribution < -0.4 is 20.1 Å². The Hall–Kier alpha value is -4.59. The topological polar surface area (TPSA) is 167 Å². The van der Waals surface area contributed by atoms with Crippen LogP contribution in [-0.2, 0) is 39.9 Å². The zero-order valence-corrected chi connectivity index (χ0v) is 34.4. The highest BCUT2D eigenvalue weighted by molar-refractivity contribution is 7.98. The molecule has 3 rings (SSSR count). The average molecular weight is 784 g/mol. The van der Waals surface area contributed by atoms with E-state index in [9.17, 15) is 28.8 Å². The Labute approximate surface area is 328 Å². The van der Waals surface area contributed by atoms with E-state index in [-0.39, 0.29) is 44.1 Å². The van der Waals surface area contributed by atoms with E-state index in [1.54, 1.807) is 76.8 Å². The lowest BCUT2D eigenvalue weighted by Gasteiger charge is -2.32. The van der Waals surface area contributed by atoms with Crippen molar-refractivity contribution in [3.05, 3.63) is 47.5 Å². The van der Waals surface area contributed by atoms with Gasteiger partial charge in [-0.05, 0) is 87.9 Å². The number of hydrogen-bond donors (Lipinski definition) is 2. The third kappa shape index (κ3) is 13.3. The maximum atomic E-state index is 14.4. The molecule has 4 atom stereocenters. The Morgan fingerprint density at radius 1 is 1.00 bits per heavy atom. The van der Waals surface area contributed by atoms with Crippen LogP contribution in [0.4, 0.5) is 4.79 Å². The van der Waals surface area contributed by atoms with Crippen molar-refractivity contribution in [1.82, 2.24) is 15.5 Å². The quantitative estimate of drug-likeness (QED) is 0.168. The smallest absolute Gasteiger partial charge is 0.407 e. The van der Waals surface area contributed by atoms with E-state index >= 15 is 0 Å². The van der Waals surface area contributed by atoms with Gasteiger partial charge in [0.25, 0.3) is 0 Å². The average Bonchev–Trinajstić information content (AvgIpc) is 3.12. The van der Waals surface area contributed by atoms with E-state index in [0.29, 0.717) is 59.0 Å². The van der Waals surface area contributed by atoms with Gasteiger partial charge < -0.3 is 39.3 Å². The molecule has 0 unspecified atom stereocenters. The lowest BCUT2D eigenvalue weighted by atomic mass is 9.89. The standard InChI is InChI=1S/C41H57N3O10S/c1-10-17-52-35-14-12-28-24-31(35)30-22-27(11-13-34(30)53-18-16-42-40(50)54-41(4,5)6)23-32(39(49)51-8)43-37(47)25(2)20-33(46)36(28)44(7)38(48)29(15-19-55-9)21-26(3)45/h11-14,22,24-25,29,32,36H,10,15-21,23H2,1-9H3,(H,42,50)(H,43,47)/t25-,29-,32+,36+/m1/s1. The molecule has 0 spiro atoms. The van der Waals surface area contributed by atoms with Gasteiger partial charge in [0, 0.05) is 49.3 Å². The first-order valence-electron chi connectivity index (χ1n) is 18.6. The number of alkyl carbamates (subject to hydrolysis) is 1.